The van der Waals surface area contributed by atoms with Crippen molar-refractivity contribution in [2.24, 2.45) is 0 Å². The Morgan fingerprint density at radius 2 is 2.17 bits per heavy atom. The summed E-state index contributed by atoms with van der Waals surface area (Å²) < 4.78 is 1.82. The smallest absolute Gasteiger partial charge is 0.0791 e. The Morgan fingerprint density at radius 3 is 2.89 bits per heavy atom. The molecule has 2 N–H and O–H groups in total. The summed E-state index contributed by atoms with van der Waals surface area (Å²) in [5, 5.41) is 20.8. The SMILES string of the molecule is OC(CNCCCn1ccnn1)CN1CCCC1. The van der Waals surface area contributed by atoms with Crippen molar-refractivity contribution in [2.45, 2.75) is 31.9 Å². The largest absolute Gasteiger partial charge is 0.390 e. The molecule has 0 spiro atoms. The van der Waals surface area contributed by atoms with Crippen LogP contribution in [0.1, 0.15) is 19.3 Å². The van der Waals surface area contributed by atoms with Gasteiger partial charge in [-0.1, -0.05) is 5.21 Å². The minimum absolute atomic E-state index is 0.255. The second kappa shape index (κ2) is 7.45. The third-order valence-electron chi connectivity index (χ3n) is 3.26. The van der Waals surface area contributed by atoms with Crippen LogP contribution in [0.4, 0.5) is 0 Å². The van der Waals surface area contributed by atoms with Crippen LogP contribution in [0.3, 0.4) is 0 Å². The molecule has 0 bridgehead atoms. The molecule has 0 aromatic carbocycles. The number of nitrogens with zero attached hydrogens (tertiary/aromatic N) is 4. The molecule has 0 amide bonds. The van der Waals surface area contributed by atoms with Crippen LogP contribution in [0, 0.1) is 0 Å². The Balaban J connectivity index is 1.47. The van der Waals surface area contributed by atoms with Gasteiger partial charge in [-0.05, 0) is 38.9 Å². The highest BCUT2D eigenvalue weighted by atomic mass is 16.3. The number of hydrogen-bond acceptors (Lipinski definition) is 5. The van der Waals surface area contributed by atoms with Crippen LogP contribution in [-0.4, -0.2) is 63.8 Å². The first-order valence-electron chi connectivity index (χ1n) is 6.80. The summed E-state index contributed by atoms with van der Waals surface area (Å²) >= 11 is 0. The number of hydrogen-bond donors (Lipinski definition) is 2. The first-order chi connectivity index (χ1) is 8.84. The molecule has 1 fully saturated rings. The van der Waals surface area contributed by atoms with E-state index < -0.39 is 0 Å². The van der Waals surface area contributed by atoms with Crippen molar-refractivity contribution in [1.82, 2.24) is 25.2 Å². The maximum Gasteiger partial charge on any atom is 0.0791 e. The average Bonchev–Trinajstić information content (AvgIpc) is 3.01. The molecule has 1 aliphatic rings. The van der Waals surface area contributed by atoms with Gasteiger partial charge in [0.1, 0.15) is 0 Å². The van der Waals surface area contributed by atoms with E-state index in [1.165, 1.54) is 12.8 Å². The van der Waals surface area contributed by atoms with E-state index in [1.54, 1.807) is 6.20 Å². The maximum atomic E-state index is 9.86. The third-order valence-corrected chi connectivity index (χ3v) is 3.26. The van der Waals surface area contributed by atoms with Gasteiger partial charge in [0, 0.05) is 25.8 Å². The molecule has 1 unspecified atom stereocenters. The van der Waals surface area contributed by atoms with Crippen LogP contribution in [-0.2, 0) is 6.54 Å². The van der Waals surface area contributed by atoms with Gasteiger partial charge in [-0.25, -0.2) is 0 Å². The van der Waals surface area contributed by atoms with Crippen molar-refractivity contribution in [3.8, 4) is 0 Å². The van der Waals surface area contributed by atoms with Gasteiger partial charge in [0.2, 0.25) is 0 Å². The number of nitrogens with one attached hydrogen (secondary N) is 1. The van der Waals surface area contributed by atoms with E-state index in [2.05, 4.69) is 20.5 Å². The van der Waals surface area contributed by atoms with E-state index in [0.29, 0.717) is 6.54 Å². The molecule has 2 heterocycles. The van der Waals surface area contributed by atoms with E-state index in [0.717, 1.165) is 39.1 Å². The van der Waals surface area contributed by atoms with Gasteiger partial charge in [0.15, 0.2) is 0 Å². The standard InChI is InChI=1S/C12H23N5O/c18-12(11-16-6-1-2-7-16)10-13-4-3-8-17-9-5-14-15-17/h5,9,12-13,18H,1-4,6-8,10-11H2. The monoisotopic (exact) mass is 253 g/mol. The molecule has 0 saturated carbocycles. The lowest BCUT2D eigenvalue weighted by Gasteiger charge is -2.19. The van der Waals surface area contributed by atoms with Gasteiger partial charge in [-0.3, -0.25) is 4.68 Å². The molecule has 0 radical (unpaired) electrons. The summed E-state index contributed by atoms with van der Waals surface area (Å²) in [6.45, 7) is 5.53. The molecule has 18 heavy (non-hydrogen) atoms. The van der Waals surface area contributed by atoms with Crippen LogP contribution in [0.5, 0.6) is 0 Å². The molecule has 1 aromatic rings. The molecule has 6 nitrogen and oxygen atoms in total. The molecular formula is C12H23N5O. The molecule has 2 rings (SSSR count). The molecule has 1 aliphatic heterocycles. The number of aryl methyl sites for hydroxylation is 1. The molecule has 1 atom stereocenters. The van der Waals surface area contributed by atoms with Gasteiger partial charge in [0.25, 0.3) is 0 Å². The van der Waals surface area contributed by atoms with E-state index in [4.69, 9.17) is 0 Å². The predicted octanol–water partition coefficient (Wildman–Crippen LogP) is -0.285. The number of aromatic nitrogens is 3. The number of aliphatic hydroxyl groups is 1. The summed E-state index contributed by atoms with van der Waals surface area (Å²) in [4.78, 5) is 2.34. The first-order valence-corrected chi connectivity index (χ1v) is 6.80. The molecule has 1 aromatic heterocycles. The minimum atomic E-state index is -0.255. The molecule has 102 valence electrons. The Hall–Kier alpha value is -0.980. The highest BCUT2D eigenvalue weighted by molar-refractivity contribution is 4.71. The average molecular weight is 253 g/mol. The van der Waals surface area contributed by atoms with Crippen LogP contribution in [0.15, 0.2) is 12.4 Å². The van der Waals surface area contributed by atoms with Gasteiger partial charge in [0.05, 0.1) is 12.3 Å². The van der Waals surface area contributed by atoms with E-state index >= 15 is 0 Å². The van der Waals surface area contributed by atoms with Crippen molar-refractivity contribution in [3.05, 3.63) is 12.4 Å². The van der Waals surface area contributed by atoms with Gasteiger partial charge in [-0.15, -0.1) is 5.10 Å². The van der Waals surface area contributed by atoms with Crippen LogP contribution in [0.2, 0.25) is 0 Å². The van der Waals surface area contributed by atoms with E-state index in [-0.39, 0.29) is 6.10 Å². The zero-order valence-electron chi connectivity index (χ0n) is 10.8. The summed E-state index contributed by atoms with van der Waals surface area (Å²) in [7, 11) is 0. The number of rotatable bonds is 8. The Bertz CT molecular complexity index is 310. The molecule has 6 heteroatoms. The second-order valence-corrected chi connectivity index (χ2v) is 4.89. The van der Waals surface area contributed by atoms with Crippen molar-refractivity contribution in [3.63, 3.8) is 0 Å². The lowest BCUT2D eigenvalue weighted by Crippen LogP contribution is -2.37. The zero-order valence-corrected chi connectivity index (χ0v) is 10.8. The predicted molar refractivity (Wildman–Crippen MR) is 69.2 cm³/mol. The minimum Gasteiger partial charge on any atom is -0.390 e. The highest BCUT2D eigenvalue weighted by Gasteiger charge is 2.14. The fourth-order valence-corrected chi connectivity index (χ4v) is 2.31. The van der Waals surface area contributed by atoms with Gasteiger partial charge >= 0.3 is 0 Å². The topological polar surface area (TPSA) is 66.2 Å². The third kappa shape index (κ3) is 4.72. The van der Waals surface area contributed by atoms with Gasteiger partial charge in [-0.2, -0.15) is 0 Å². The number of β-amino-alcohol motifs (C(OH)–C–C–N with tert-alkyl or cyclic N) is 1. The Kier molecular flexibility index (Phi) is 5.57. The maximum absolute atomic E-state index is 9.86. The van der Waals surface area contributed by atoms with Crippen molar-refractivity contribution >= 4 is 0 Å². The lowest BCUT2D eigenvalue weighted by atomic mass is 10.3. The molecular weight excluding hydrogens is 230 g/mol. The van der Waals surface area contributed by atoms with Gasteiger partial charge < -0.3 is 15.3 Å². The normalized spacial score (nSPS) is 18.3. The zero-order chi connectivity index (χ0) is 12.6. The van der Waals surface area contributed by atoms with Crippen molar-refractivity contribution in [2.75, 3.05) is 32.7 Å². The van der Waals surface area contributed by atoms with Crippen molar-refractivity contribution < 1.29 is 5.11 Å². The van der Waals surface area contributed by atoms with Crippen LogP contribution in [0.25, 0.3) is 0 Å². The number of aliphatic hydroxyl groups excluding tert-OH is 1. The molecule has 0 aliphatic carbocycles. The summed E-state index contributed by atoms with van der Waals surface area (Å²) in [6.07, 6.45) is 6.85. The van der Waals surface area contributed by atoms with Crippen LogP contribution >= 0.6 is 0 Å². The fourth-order valence-electron chi connectivity index (χ4n) is 2.31. The van der Waals surface area contributed by atoms with Crippen molar-refractivity contribution in [1.29, 1.82) is 0 Å². The Labute approximate surface area is 108 Å². The Morgan fingerprint density at radius 1 is 1.33 bits per heavy atom. The van der Waals surface area contributed by atoms with E-state index in [1.807, 2.05) is 10.9 Å². The summed E-state index contributed by atoms with van der Waals surface area (Å²) in [5.41, 5.74) is 0. The summed E-state index contributed by atoms with van der Waals surface area (Å²) in [5.74, 6) is 0. The summed E-state index contributed by atoms with van der Waals surface area (Å²) in [6, 6.07) is 0. The highest BCUT2D eigenvalue weighted by Crippen LogP contribution is 2.07. The second-order valence-electron chi connectivity index (χ2n) is 4.89. The number of likely N-dealkylation sites (tertiary alicyclic amines) is 1. The van der Waals surface area contributed by atoms with E-state index in [9.17, 15) is 5.11 Å². The van der Waals surface area contributed by atoms with Crippen LogP contribution < -0.4 is 5.32 Å². The first kappa shape index (κ1) is 13.5. The lowest BCUT2D eigenvalue weighted by molar-refractivity contribution is 0.123. The fraction of sp³-hybridized carbons (Fsp3) is 0.833. The quantitative estimate of drug-likeness (QED) is 0.624. The molecule has 1 saturated heterocycles.